The van der Waals surface area contributed by atoms with Crippen LogP contribution in [-0.4, -0.2) is 11.1 Å². The zero-order chi connectivity index (χ0) is 10.6. The fourth-order valence-electron chi connectivity index (χ4n) is 1.24. The van der Waals surface area contributed by atoms with E-state index >= 15 is 0 Å². The van der Waals surface area contributed by atoms with Crippen molar-refractivity contribution in [1.29, 1.82) is 0 Å². The first-order chi connectivity index (χ1) is 6.63. The highest BCUT2D eigenvalue weighted by molar-refractivity contribution is 9.10. The van der Waals surface area contributed by atoms with Gasteiger partial charge in [-0.15, -0.1) is 6.58 Å². The van der Waals surface area contributed by atoms with E-state index in [4.69, 9.17) is 5.11 Å². The van der Waals surface area contributed by atoms with E-state index in [0.717, 1.165) is 10.0 Å². The summed E-state index contributed by atoms with van der Waals surface area (Å²) >= 11 is 3.33. The van der Waals surface area contributed by atoms with Crippen LogP contribution in [0.25, 0.3) is 0 Å². The normalized spacial score (nSPS) is 12.1. The minimum Gasteiger partial charge on any atom is -0.481 e. The van der Waals surface area contributed by atoms with Crippen LogP contribution in [0, 0.1) is 0 Å². The van der Waals surface area contributed by atoms with Crippen LogP contribution in [0.3, 0.4) is 0 Å². The number of carboxylic acid groups (broad SMARTS) is 1. The predicted molar refractivity (Wildman–Crippen MR) is 59.3 cm³/mol. The van der Waals surface area contributed by atoms with Gasteiger partial charge in [-0.3, -0.25) is 4.79 Å². The Balaban J connectivity index is 2.84. The highest BCUT2D eigenvalue weighted by Gasteiger charge is 2.11. The van der Waals surface area contributed by atoms with Crippen molar-refractivity contribution in [2.45, 2.75) is 12.3 Å². The summed E-state index contributed by atoms with van der Waals surface area (Å²) in [5.74, 6) is -0.918. The lowest BCUT2D eigenvalue weighted by Crippen LogP contribution is -2.03. The molecule has 0 bridgehead atoms. The third kappa shape index (κ3) is 3.00. The molecule has 0 aromatic heterocycles. The highest BCUT2D eigenvalue weighted by atomic mass is 79.9. The fourth-order valence-corrected chi connectivity index (χ4v) is 1.50. The molecule has 0 heterocycles. The van der Waals surface area contributed by atoms with Gasteiger partial charge in [0.25, 0.3) is 0 Å². The van der Waals surface area contributed by atoms with E-state index in [-0.39, 0.29) is 12.3 Å². The van der Waals surface area contributed by atoms with Crippen molar-refractivity contribution < 1.29 is 9.90 Å². The van der Waals surface area contributed by atoms with Gasteiger partial charge >= 0.3 is 5.97 Å². The van der Waals surface area contributed by atoms with Gasteiger partial charge in [-0.05, 0) is 17.7 Å². The van der Waals surface area contributed by atoms with Crippen LogP contribution in [-0.2, 0) is 4.79 Å². The van der Waals surface area contributed by atoms with Crippen LogP contribution in [0.15, 0.2) is 41.4 Å². The molecule has 0 saturated carbocycles. The summed E-state index contributed by atoms with van der Waals surface area (Å²) in [6.45, 7) is 3.64. The lowest BCUT2D eigenvalue weighted by molar-refractivity contribution is -0.137. The Kier molecular flexibility index (Phi) is 3.89. The van der Waals surface area contributed by atoms with Crippen molar-refractivity contribution in [2.75, 3.05) is 0 Å². The second-order valence-corrected chi connectivity index (χ2v) is 3.91. The monoisotopic (exact) mass is 254 g/mol. The van der Waals surface area contributed by atoms with Crippen molar-refractivity contribution in [3.05, 3.63) is 47.0 Å². The van der Waals surface area contributed by atoms with Crippen LogP contribution < -0.4 is 0 Å². The Morgan fingerprint density at radius 2 is 2.07 bits per heavy atom. The second kappa shape index (κ2) is 4.96. The van der Waals surface area contributed by atoms with E-state index < -0.39 is 5.97 Å². The Morgan fingerprint density at radius 1 is 1.50 bits per heavy atom. The number of rotatable bonds is 4. The molecule has 0 spiro atoms. The molecule has 0 unspecified atom stereocenters. The van der Waals surface area contributed by atoms with Gasteiger partial charge in [0.2, 0.25) is 0 Å². The predicted octanol–water partition coefficient (Wildman–Crippen LogP) is 3.19. The van der Waals surface area contributed by atoms with E-state index in [1.807, 2.05) is 24.3 Å². The van der Waals surface area contributed by atoms with Gasteiger partial charge < -0.3 is 5.11 Å². The highest BCUT2D eigenvalue weighted by Crippen LogP contribution is 2.22. The summed E-state index contributed by atoms with van der Waals surface area (Å²) < 4.78 is 0.986. The standard InChI is InChI=1S/C11H11BrO2/c1-2-8(7-11(13)14)9-3-5-10(12)6-4-9/h2-6,8H,1,7H2,(H,13,14)/t8-/m0/s1. The molecule has 3 heteroatoms. The summed E-state index contributed by atoms with van der Waals surface area (Å²) in [6, 6.07) is 7.60. The summed E-state index contributed by atoms with van der Waals surface area (Å²) in [7, 11) is 0. The SMILES string of the molecule is C=C[C@@H](CC(=O)O)c1ccc(Br)cc1. The first-order valence-electron chi connectivity index (χ1n) is 4.23. The van der Waals surface area contributed by atoms with Crippen LogP contribution in [0.1, 0.15) is 17.9 Å². The number of carboxylic acids is 1. The lowest BCUT2D eigenvalue weighted by Gasteiger charge is -2.09. The largest absolute Gasteiger partial charge is 0.481 e. The van der Waals surface area contributed by atoms with Crippen LogP contribution >= 0.6 is 15.9 Å². The Morgan fingerprint density at radius 3 is 2.50 bits per heavy atom. The summed E-state index contributed by atoms with van der Waals surface area (Å²) in [5, 5.41) is 8.67. The molecule has 1 aromatic carbocycles. The maximum atomic E-state index is 10.6. The molecule has 1 N–H and O–H groups in total. The third-order valence-electron chi connectivity index (χ3n) is 1.98. The van der Waals surface area contributed by atoms with Gasteiger partial charge in [0.15, 0.2) is 0 Å². The Bertz CT molecular complexity index is 330. The van der Waals surface area contributed by atoms with Gasteiger partial charge in [0, 0.05) is 10.4 Å². The third-order valence-corrected chi connectivity index (χ3v) is 2.51. The second-order valence-electron chi connectivity index (χ2n) is 2.99. The van der Waals surface area contributed by atoms with E-state index in [2.05, 4.69) is 22.5 Å². The number of allylic oxidation sites excluding steroid dienone is 1. The van der Waals surface area contributed by atoms with Gasteiger partial charge in [-0.25, -0.2) is 0 Å². The Labute approximate surface area is 91.4 Å². The fraction of sp³-hybridized carbons (Fsp3) is 0.182. The summed E-state index contributed by atoms with van der Waals surface area (Å²) in [4.78, 5) is 10.6. The zero-order valence-electron chi connectivity index (χ0n) is 7.61. The number of hydrogen-bond donors (Lipinski definition) is 1. The molecular weight excluding hydrogens is 244 g/mol. The van der Waals surface area contributed by atoms with Gasteiger partial charge in [0.05, 0.1) is 6.42 Å². The molecule has 1 atom stereocenters. The maximum Gasteiger partial charge on any atom is 0.304 e. The average molecular weight is 255 g/mol. The van der Waals surface area contributed by atoms with Crippen LogP contribution in [0.5, 0.6) is 0 Å². The van der Waals surface area contributed by atoms with E-state index in [0.29, 0.717) is 0 Å². The molecule has 0 aliphatic carbocycles. The number of halogens is 1. The first-order valence-corrected chi connectivity index (χ1v) is 5.02. The molecule has 74 valence electrons. The van der Waals surface area contributed by atoms with Gasteiger partial charge in [-0.1, -0.05) is 34.1 Å². The number of hydrogen-bond acceptors (Lipinski definition) is 1. The summed E-state index contributed by atoms with van der Waals surface area (Å²) in [6.07, 6.45) is 1.75. The molecule has 0 saturated heterocycles. The van der Waals surface area contributed by atoms with Crippen LogP contribution in [0.2, 0.25) is 0 Å². The van der Waals surface area contributed by atoms with Crippen molar-refractivity contribution in [3.63, 3.8) is 0 Å². The molecule has 0 fully saturated rings. The smallest absolute Gasteiger partial charge is 0.304 e. The van der Waals surface area contributed by atoms with Gasteiger partial charge in [-0.2, -0.15) is 0 Å². The van der Waals surface area contributed by atoms with Crippen molar-refractivity contribution in [2.24, 2.45) is 0 Å². The molecule has 0 aliphatic rings. The topological polar surface area (TPSA) is 37.3 Å². The molecule has 1 rings (SSSR count). The quantitative estimate of drug-likeness (QED) is 0.839. The number of carbonyl (C=O) groups is 1. The minimum absolute atomic E-state index is 0.0884. The molecule has 1 aromatic rings. The minimum atomic E-state index is -0.808. The number of aliphatic carboxylic acids is 1. The average Bonchev–Trinajstić information content (AvgIpc) is 2.15. The zero-order valence-corrected chi connectivity index (χ0v) is 9.20. The van der Waals surface area contributed by atoms with E-state index in [1.54, 1.807) is 6.08 Å². The molecular formula is C11H11BrO2. The van der Waals surface area contributed by atoms with E-state index in [1.165, 1.54) is 0 Å². The number of benzene rings is 1. The maximum absolute atomic E-state index is 10.6. The summed E-state index contributed by atoms with van der Waals surface area (Å²) in [5.41, 5.74) is 0.977. The van der Waals surface area contributed by atoms with Crippen LogP contribution in [0.4, 0.5) is 0 Å². The van der Waals surface area contributed by atoms with Crippen molar-refractivity contribution in [1.82, 2.24) is 0 Å². The Hall–Kier alpha value is -1.09. The van der Waals surface area contributed by atoms with Gasteiger partial charge in [0.1, 0.15) is 0 Å². The van der Waals surface area contributed by atoms with Crippen molar-refractivity contribution >= 4 is 21.9 Å². The molecule has 0 aliphatic heterocycles. The molecule has 2 nitrogen and oxygen atoms in total. The molecule has 14 heavy (non-hydrogen) atoms. The molecule has 0 amide bonds. The van der Waals surface area contributed by atoms with E-state index in [9.17, 15) is 4.79 Å². The van der Waals surface area contributed by atoms with Crippen molar-refractivity contribution in [3.8, 4) is 0 Å². The molecule has 0 radical (unpaired) electrons. The first kappa shape index (κ1) is 11.0. The lowest BCUT2D eigenvalue weighted by atomic mass is 9.96.